The second-order valence-corrected chi connectivity index (χ2v) is 14.1. The van der Waals surface area contributed by atoms with Crippen molar-refractivity contribution in [2.24, 2.45) is 0 Å². The molecule has 0 atom stereocenters. The first-order valence-electron chi connectivity index (χ1n) is 13.9. The molecule has 43 heavy (non-hydrogen) atoms. The third kappa shape index (κ3) is 9.28. The van der Waals surface area contributed by atoms with Crippen LogP contribution in [0, 0.1) is 0 Å². The van der Waals surface area contributed by atoms with Crippen molar-refractivity contribution in [2.45, 2.75) is 70.4 Å². The zero-order valence-electron chi connectivity index (χ0n) is 24.9. The standard InChI is InChI=1S/C32H36N4O5S2/c1-21(2)41-31(38)35-25-10-8-24(9-11-25)30-34-20-28(42-30)27-13-7-22(19-29(27)43(39,40)36-32(3,4)5)6-12-26(37)18-23-14-16-33-17-15-23/h7-11,13-17,19-21,36H,6,12,18H2,1-5H3,(H,35,38). The van der Waals surface area contributed by atoms with Crippen LogP contribution in [0.25, 0.3) is 21.0 Å². The van der Waals surface area contributed by atoms with Crippen LogP contribution in [0.3, 0.4) is 0 Å². The number of carbonyl (C=O) groups is 2. The van der Waals surface area contributed by atoms with Gasteiger partial charge in [-0.05, 0) is 94.6 Å². The molecule has 2 heterocycles. The molecule has 2 aromatic heterocycles. The average Bonchev–Trinajstić information content (AvgIpc) is 3.41. The van der Waals surface area contributed by atoms with Gasteiger partial charge in [0.15, 0.2) is 0 Å². The van der Waals surface area contributed by atoms with E-state index in [9.17, 15) is 18.0 Å². The van der Waals surface area contributed by atoms with Crippen LogP contribution in [0.5, 0.6) is 0 Å². The average molecular weight is 621 g/mol. The van der Waals surface area contributed by atoms with E-state index in [2.05, 4.69) is 20.0 Å². The Morgan fingerprint density at radius 1 is 0.977 bits per heavy atom. The van der Waals surface area contributed by atoms with Crippen LogP contribution in [0.2, 0.25) is 0 Å². The number of amides is 1. The van der Waals surface area contributed by atoms with Gasteiger partial charge in [0.05, 0.1) is 15.9 Å². The number of hydrogen-bond donors (Lipinski definition) is 2. The Morgan fingerprint density at radius 2 is 1.67 bits per heavy atom. The SMILES string of the molecule is CC(C)OC(=O)Nc1ccc(-c2ncc(-c3ccc(CCC(=O)Cc4ccncc4)cc3S(=O)(=O)NC(C)(C)C)s2)cc1. The number of carbonyl (C=O) groups excluding carboxylic acids is 2. The van der Waals surface area contributed by atoms with Crippen molar-refractivity contribution in [3.05, 3.63) is 84.3 Å². The molecule has 0 fully saturated rings. The minimum atomic E-state index is -3.90. The van der Waals surface area contributed by atoms with Crippen LogP contribution in [-0.2, 0) is 32.4 Å². The molecular formula is C32H36N4O5S2. The summed E-state index contributed by atoms with van der Waals surface area (Å²) in [5, 5.41) is 3.38. The van der Waals surface area contributed by atoms with Crippen molar-refractivity contribution in [3.63, 3.8) is 0 Å². The maximum Gasteiger partial charge on any atom is 0.411 e. The number of ether oxygens (including phenoxy) is 1. The fourth-order valence-electron chi connectivity index (χ4n) is 4.30. The second-order valence-electron chi connectivity index (χ2n) is 11.4. The van der Waals surface area contributed by atoms with E-state index in [1.165, 1.54) is 11.3 Å². The molecule has 0 bridgehead atoms. The lowest BCUT2D eigenvalue weighted by molar-refractivity contribution is -0.118. The topological polar surface area (TPSA) is 127 Å². The molecule has 0 aliphatic heterocycles. The van der Waals surface area contributed by atoms with Gasteiger partial charge in [0.25, 0.3) is 0 Å². The fourth-order valence-corrected chi connectivity index (χ4v) is 7.01. The van der Waals surface area contributed by atoms with Gasteiger partial charge >= 0.3 is 6.09 Å². The molecule has 0 saturated heterocycles. The zero-order valence-corrected chi connectivity index (χ0v) is 26.5. The number of anilines is 1. The highest BCUT2D eigenvalue weighted by molar-refractivity contribution is 7.89. The van der Waals surface area contributed by atoms with Crippen LogP contribution in [-0.4, -0.2) is 41.9 Å². The van der Waals surface area contributed by atoms with E-state index in [0.717, 1.165) is 16.7 Å². The molecule has 0 saturated carbocycles. The van der Waals surface area contributed by atoms with E-state index in [-0.39, 0.29) is 16.8 Å². The Labute approximate surface area is 256 Å². The summed E-state index contributed by atoms with van der Waals surface area (Å²) in [5.41, 5.74) is 2.90. The van der Waals surface area contributed by atoms with Crippen molar-refractivity contribution < 1.29 is 22.7 Å². The largest absolute Gasteiger partial charge is 0.447 e. The summed E-state index contributed by atoms with van der Waals surface area (Å²) < 4.78 is 35.1. The third-order valence-electron chi connectivity index (χ3n) is 6.11. The molecular weight excluding hydrogens is 585 g/mol. The van der Waals surface area contributed by atoms with Gasteiger partial charge < -0.3 is 4.74 Å². The lowest BCUT2D eigenvalue weighted by Gasteiger charge is -2.22. The number of sulfonamides is 1. The highest BCUT2D eigenvalue weighted by Crippen LogP contribution is 2.36. The molecule has 4 rings (SSSR count). The van der Waals surface area contributed by atoms with Crippen LogP contribution < -0.4 is 10.0 Å². The van der Waals surface area contributed by atoms with Crippen molar-refractivity contribution in [2.75, 3.05) is 5.32 Å². The number of Topliss-reactive ketones (excluding diaryl/α,β-unsaturated/α-hetero) is 1. The highest BCUT2D eigenvalue weighted by atomic mass is 32.2. The van der Waals surface area contributed by atoms with Crippen molar-refractivity contribution in [1.29, 1.82) is 0 Å². The van der Waals surface area contributed by atoms with Crippen LogP contribution in [0.4, 0.5) is 10.5 Å². The summed E-state index contributed by atoms with van der Waals surface area (Å²) in [4.78, 5) is 33.9. The Morgan fingerprint density at radius 3 is 2.33 bits per heavy atom. The fraction of sp³-hybridized carbons (Fsp3) is 0.312. The molecule has 2 aromatic carbocycles. The Bertz CT molecular complexity index is 1680. The van der Waals surface area contributed by atoms with E-state index in [4.69, 9.17) is 4.74 Å². The molecule has 226 valence electrons. The first kappa shape index (κ1) is 32.0. The molecule has 0 radical (unpaired) electrons. The molecule has 4 aromatic rings. The summed E-state index contributed by atoms with van der Waals surface area (Å²) in [6, 6.07) is 16.1. The van der Waals surface area contributed by atoms with E-state index >= 15 is 0 Å². The number of aromatic nitrogens is 2. The number of benzene rings is 2. The van der Waals surface area contributed by atoms with Crippen LogP contribution >= 0.6 is 11.3 Å². The maximum atomic E-state index is 13.6. The summed E-state index contributed by atoms with van der Waals surface area (Å²) in [6.07, 6.45) is 5.23. The molecule has 0 aliphatic rings. The Hall–Kier alpha value is -3.93. The van der Waals surface area contributed by atoms with E-state index in [0.29, 0.717) is 40.4 Å². The third-order valence-corrected chi connectivity index (χ3v) is 8.99. The van der Waals surface area contributed by atoms with Gasteiger partial charge in [0.2, 0.25) is 10.0 Å². The molecule has 1 amide bonds. The molecule has 11 heteroatoms. The molecule has 0 spiro atoms. The lowest BCUT2D eigenvalue weighted by atomic mass is 10.0. The minimum Gasteiger partial charge on any atom is -0.447 e. The summed E-state index contributed by atoms with van der Waals surface area (Å²) in [5.74, 6) is 0.0673. The van der Waals surface area contributed by atoms with E-state index < -0.39 is 21.7 Å². The number of rotatable bonds is 11. The van der Waals surface area contributed by atoms with Gasteiger partial charge in [-0.2, -0.15) is 0 Å². The number of thiazole rings is 1. The number of pyridine rings is 1. The van der Waals surface area contributed by atoms with Gasteiger partial charge in [0.1, 0.15) is 10.8 Å². The van der Waals surface area contributed by atoms with Gasteiger partial charge in [-0.15, -0.1) is 11.3 Å². The maximum absolute atomic E-state index is 13.6. The van der Waals surface area contributed by atoms with Crippen molar-refractivity contribution in [3.8, 4) is 21.0 Å². The number of ketones is 1. The quantitative estimate of drug-likeness (QED) is 0.192. The smallest absolute Gasteiger partial charge is 0.411 e. The lowest BCUT2D eigenvalue weighted by Crippen LogP contribution is -2.40. The Kier molecular flexibility index (Phi) is 10.1. The van der Waals surface area contributed by atoms with Crippen molar-refractivity contribution >= 4 is 38.9 Å². The van der Waals surface area contributed by atoms with Gasteiger partial charge in [-0.25, -0.2) is 22.9 Å². The first-order valence-corrected chi connectivity index (χ1v) is 16.2. The normalized spacial score (nSPS) is 11.9. The molecule has 2 N–H and O–H groups in total. The predicted octanol–water partition coefficient (Wildman–Crippen LogP) is 6.65. The first-order chi connectivity index (χ1) is 20.3. The number of nitrogens with zero attached hydrogens (tertiary/aromatic N) is 2. The summed E-state index contributed by atoms with van der Waals surface area (Å²) in [6.45, 7) is 8.92. The van der Waals surface area contributed by atoms with Crippen molar-refractivity contribution in [1.82, 2.24) is 14.7 Å². The monoisotopic (exact) mass is 620 g/mol. The second kappa shape index (κ2) is 13.6. The molecule has 0 aliphatic carbocycles. The molecule has 9 nitrogen and oxygen atoms in total. The predicted molar refractivity (Wildman–Crippen MR) is 170 cm³/mol. The number of aryl methyl sites for hydroxylation is 1. The molecule has 0 unspecified atom stereocenters. The number of nitrogens with one attached hydrogen (secondary N) is 2. The zero-order chi connectivity index (χ0) is 31.2. The minimum absolute atomic E-state index is 0.0673. The van der Waals surface area contributed by atoms with Gasteiger partial charge in [-0.3, -0.25) is 15.1 Å². The van der Waals surface area contributed by atoms with Gasteiger partial charge in [-0.1, -0.05) is 12.1 Å². The van der Waals surface area contributed by atoms with Crippen LogP contribution in [0.15, 0.2) is 78.1 Å². The van der Waals surface area contributed by atoms with Gasteiger partial charge in [0, 0.05) is 53.8 Å². The highest BCUT2D eigenvalue weighted by Gasteiger charge is 2.26. The summed E-state index contributed by atoms with van der Waals surface area (Å²) >= 11 is 1.37. The van der Waals surface area contributed by atoms with E-state index in [1.54, 1.807) is 77.5 Å². The van der Waals surface area contributed by atoms with E-state index in [1.807, 2.05) is 30.3 Å². The summed E-state index contributed by atoms with van der Waals surface area (Å²) in [7, 11) is -3.90. The Balaban J connectivity index is 1.57. The van der Waals surface area contributed by atoms with Crippen LogP contribution in [0.1, 0.15) is 52.2 Å². The number of hydrogen-bond acceptors (Lipinski definition) is 8.